The predicted molar refractivity (Wildman–Crippen MR) is 53.2 cm³/mol. The fourth-order valence-corrected chi connectivity index (χ4v) is 2.61. The molecule has 0 radical (unpaired) electrons. The summed E-state index contributed by atoms with van der Waals surface area (Å²) in [7, 11) is 0. The maximum absolute atomic E-state index is 3.61. The van der Waals surface area contributed by atoms with E-state index in [-0.39, 0.29) is 0 Å². The van der Waals surface area contributed by atoms with Crippen LogP contribution in [0.15, 0.2) is 0 Å². The van der Waals surface area contributed by atoms with E-state index in [1.165, 1.54) is 18.7 Å². The Kier molecular flexibility index (Phi) is 3.73. The van der Waals surface area contributed by atoms with E-state index in [9.17, 15) is 0 Å². The van der Waals surface area contributed by atoms with Gasteiger partial charge in [-0.05, 0) is 24.6 Å². The molecule has 1 heterocycles. The molecule has 1 N–H and O–H groups in total. The molecule has 0 saturated carbocycles. The van der Waals surface area contributed by atoms with Gasteiger partial charge in [-0.2, -0.15) is 11.8 Å². The van der Waals surface area contributed by atoms with E-state index in [1.807, 2.05) is 0 Å². The second kappa shape index (κ2) is 4.36. The Morgan fingerprint density at radius 1 is 1.55 bits per heavy atom. The molecule has 1 fully saturated rings. The molecule has 0 aromatic rings. The van der Waals surface area contributed by atoms with Gasteiger partial charge in [-0.25, -0.2) is 0 Å². The van der Waals surface area contributed by atoms with Crippen molar-refractivity contribution in [2.24, 2.45) is 5.92 Å². The van der Waals surface area contributed by atoms with Gasteiger partial charge in [0.05, 0.1) is 0 Å². The van der Waals surface area contributed by atoms with Crippen LogP contribution in [0.5, 0.6) is 0 Å². The van der Waals surface area contributed by atoms with Crippen LogP contribution in [0, 0.1) is 5.92 Å². The highest BCUT2D eigenvalue weighted by Crippen LogP contribution is 2.25. The highest BCUT2D eigenvalue weighted by molar-refractivity contribution is 8.00. The summed E-state index contributed by atoms with van der Waals surface area (Å²) in [5.41, 5.74) is 0. The predicted octanol–water partition coefficient (Wildman–Crippen LogP) is 2.13. The monoisotopic (exact) mass is 173 g/mol. The summed E-state index contributed by atoms with van der Waals surface area (Å²) < 4.78 is 0. The molecule has 66 valence electrons. The standard InChI is InChI=1S/C9H19NS/c1-7(2)6-10-9-4-5-11-8(9)3/h7-10H,4-6H2,1-3H3. The van der Waals surface area contributed by atoms with Gasteiger partial charge in [0.15, 0.2) is 0 Å². The van der Waals surface area contributed by atoms with Crippen LogP contribution < -0.4 is 5.32 Å². The second-order valence-electron chi connectivity index (χ2n) is 3.77. The first-order valence-corrected chi connectivity index (χ1v) is 5.60. The molecule has 2 unspecified atom stereocenters. The number of rotatable bonds is 3. The minimum Gasteiger partial charge on any atom is -0.313 e. The van der Waals surface area contributed by atoms with E-state index < -0.39 is 0 Å². The van der Waals surface area contributed by atoms with Gasteiger partial charge in [0.2, 0.25) is 0 Å². The maximum Gasteiger partial charge on any atom is 0.0191 e. The van der Waals surface area contributed by atoms with Gasteiger partial charge in [-0.1, -0.05) is 20.8 Å². The molecular formula is C9H19NS. The van der Waals surface area contributed by atoms with Crippen LogP contribution in [0.25, 0.3) is 0 Å². The van der Waals surface area contributed by atoms with Crippen molar-refractivity contribution in [3.8, 4) is 0 Å². The molecule has 0 bridgehead atoms. The zero-order valence-corrected chi connectivity index (χ0v) is 8.58. The fourth-order valence-electron chi connectivity index (χ4n) is 1.39. The number of hydrogen-bond donors (Lipinski definition) is 1. The van der Waals surface area contributed by atoms with Gasteiger partial charge in [-0.3, -0.25) is 0 Å². The topological polar surface area (TPSA) is 12.0 Å². The Hall–Kier alpha value is 0.310. The molecule has 1 saturated heterocycles. The molecule has 2 atom stereocenters. The number of hydrogen-bond acceptors (Lipinski definition) is 2. The van der Waals surface area contributed by atoms with Crippen molar-refractivity contribution in [3.05, 3.63) is 0 Å². The van der Waals surface area contributed by atoms with Gasteiger partial charge >= 0.3 is 0 Å². The minimum absolute atomic E-state index is 0.780. The van der Waals surface area contributed by atoms with Crippen LogP contribution in [-0.2, 0) is 0 Å². The molecule has 11 heavy (non-hydrogen) atoms. The summed E-state index contributed by atoms with van der Waals surface area (Å²) in [5, 5.41) is 4.44. The lowest BCUT2D eigenvalue weighted by Gasteiger charge is -2.17. The van der Waals surface area contributed by atoms with E-state index in [0.717, 1.165) is 17.2 Å². The smallest absolute Gasteiger partial charge is 0.0191 e. The molecule has 1 rings (SSSR count). The average molecular weight is 173 g/mol. The third kappa shape index (κ3) is 3.04. The van der Waals surface area contributed by atoms with Crippen LogP contribution in [-0.4, -0.2) is 23.6 Å². The van der Waals surface area contributed by atoms with E-state index >= 15 is 0 Å². The van der Waals surface area contributed by atoms with Crippen molar-refractivity contribution in [3.63, 3.8) is 0 Å². The van der Waals surface area contributed by atoms with Crippen molar-refractivity contribution < 1.29 is 0 Å². The molecule has 0 amide bonds. The van der Waals surface area contributed by atoms with Gasteiger partial charge in [0, 0.05) is 11.3 Å². The highest BCUT2D eigenvalue weighted by Gasteiger charge is 2.22. The summed E-state index contributed by atoms with van der Waals surface area (Å²) >= 11 is 2.09. The SMILES string of the molecule is CC(C)CNC1CCSC1C. The van der Waals surface area contributed by atoms with Crippen LogP contribution in [0.4, 0.5) is 0 Å². The molecule has 0 aromatic heterocycles. The van der Waals surface area contributed by atoms with E-state index in [1.54, 1.807) is 0 Å². The van der Waals surface area contributed by atoms with Crippen molar-refractivity contribution in [1.82, 2.24) is 5.32 Å². The van der Waals surface area contributed by atoms with Gasteiger partial charge < -0.3 is 5.32 Å². The third-order valence-corrected chi connectivity index (χ3v) is 3.49. The Balaban J connectivity index is 2.15. The molecule has 1 aliphatic rings. The first-order chi connectivity index (χ1) is 5.20. The Labute approximate surface area is 74.3 Å². The Morgan fingerprint density at radius 3 is 2.73 bits per heavy atom. The highest BCUT2D eigenvalue weighted by atomic mass is 32.2. The fraction of sp³-hybridized carbons (Fsp3) is 1.00. The molecular weight excluding hydrogens is 154 g/mol. The third-order valence-electron chi connectivity index (χ3n) is 2.16. The molecule has 0 spiro atoms. The van der Waals surface area contributed by atoms with Gasteiger partial charge in [0.1, 0.15) is 0 Å². The van der Waals surface area contributed by atoms with Crippen LogP contribution >= 0.6 is 11.8 Å². The quantitative estimate of drug-likeness (QED) is 0.701. The summed E-state index contributed by atoms with van der Waals surface area (Å²) in [5.74, 6) is 2.13. The zero-order chi connectivity index (χ0) is 8.27. The zero-order valence-electron chi connectivity index (χ0n) is 7.76. The molecule has 1 nitrogen and oxygen atoms in total. The number of thioether (sulfide) groups is 1. The summed E-state index contributed by atoms with van der Waals surface area (Å²) in [6, 6.07) is 0.780. The van der Waals surface area contributed by atoms with Crippen molar-refractivity contribution in [2.75, 3.05) is 12.3 Å². The van der Waals surface area contributed by atoms with Crippen LogP contribution in [0.1, 0.15) is 27.2 Å². The average Bonchev–Trinajstić information content (AvgIpc) is 2.31. The van der Waals surface area contributed by atoms with Crippen LogP contribution in [0.2, 0.25) is 0 Å². The van der Waals surface area contributed by atoms with Crippen molar-refractivity contribution in [1.29, 1.82) is 0 Å². The first kappa shape index (κ1) is 9.40. The minimum atomic E-state index is 0.780. The summed E-state index contributed by atoms with van der Waals surface area (Å²) in [6.07, 6.45) is 1.36. The lowest BCUT2D eigenvalue weighted by atomic mass is 10.1. The van der Waals surface area contributed by atoms with Crippen LogP contribution in [0.3, 0.4) is 0 Å². The van der Waals surface area contributed by atoms with E-state index in [0.29, 0.717) is 0 Å². The van der Waals surface area contributed by atoms with Gasteiger partial charge in [0.25, 0.3) is 0 Å². The van der Waals surface area contributed by atoms with Gasteiger partial charge in [-0.15, -0.1) is 0 Å². The molecule has 1 aliphatic heterocycles. The number of nitrogens with one attached hydrogen (secondary N) is 1. The van der Waals surface area contributed by atoms with Crippen molar-refractivity contribution >= 4 is 11.8 Å². The molecule has 2 heteroatoms. The summed E-state index contributed by atoms with van der Waals surface area (Å²) in [4.78, 5) is 0. The normalized spacial score (nSPS) is 31.6. The Bertz CT molecular complexity index is 114. The summed E-state index contributed by atoms with van der Waals surface area (Å²) in [6.45, 7) is 8.03. The van der Waals surface area contributed by atoms with Crippen molar-refractivity contribution in [2.45, 2.75) is 38.5 Å². The molecule has 0 aromatic carbocycles. The van der Waals surface area contributed by atoms with E-state index in [2.05, 4.69) is 37.8 Å². The Morgan fingerprint density at radius 2 is 2.27 bits per heavy atom. The molecule has 0 aliphatic carbocycles. The largest absolute Gasteiger partial charge is 0.313 e. The van der Waals surface area contributed by atoms with E-state index in [4.69, 9.17) is 0 Å². The lowest BCUT2D eigenvalue weighted by Crippen LogP contribution is -2.35. The second-order valence-corrected chi connectivity index (χ2v) is 5.26. The maximum atomic E-state index is 3.61. The first-order valence-electron chi connectivity index (χ1n) is 4.55. The lowest BCUT2D eigenvalue weighted by molar-refractivity contribution is 0.462.